The van der Waals surface area contributed by atoms with Crippen LogP contribution in [0.4, 0.5) is 0 Å². The Bertz CT molecular complexity index is 420. The molecule has 0 spiro atoms. The van der Waals surface area contributed by atoms with Gasteiger partial charge in [-0.15, -0.1) is 0 Å². The van der Waals surface area contributed by atoms with Gasteiger partial charge in [-0.1, -0.05) is 43.1 Å². The first-order chi connectivity index (χ1) is 8.49. The summed E-state index contributed by atoms with van der Waals surface area (Å²) in [4.78, 5) is 13.8. The number of rotatable bonds is 5. The summed E-state index contributed by atoms with van der Waals surface area (Å²) in [7, 11) is 0. The largest absolute Gasteiger partial charge is 0.336 e. The van der Waals surface area contributed by atoms with Gasteiger partial charge in [0, 0.05) is 19.0 Å². The summed E-state index contributed by atoms with van der Waals surface area (Å²) in [6.07, 6.45) is 1.46. The number of hydrogen-bond acceptors (Lipinski definition) is 1. The predicted octanol–water partition coefficient (Wildman–Crippen LogP) is 4.53. The Labute approximate surface area is 119 Å². The van der Waals surface area contributed by atoms with Gasteiger partial charge in [0.15, 0.2) is 0 Å². The lowest BCUT2D eigenvalue weighted by molar-refractivity contribution is -0.133. The minimum absolute atomic E-state index is 0.162. The van der Waals surface area contributed by atoms with Gasteiger partial charge in [0.2, 0.25) is 5.91 Å². The highest BCUT2D eigenvalue weighted by Gasteiger charge is 2.17. The van der Waals surface area contributed by atoms with E-state index < -0.39 is 0 Å². The van der Waals surface area contributed by atoms with Crippen molar-refractivity contribution in [2.24, 2.45) is 0 Å². The van der Waals surface area contributed by atoms with Gasteiger partial charge < -0.3 is 4.90 Å². The van der Waals surface area contributed by atoms with Crippen molar-refractivity contribution in [3.8, 4) is 0 Å². The molecule has 0 fully saturated rings. The zero-order valence-electron chi connectivity index (χ0n) is 11.0. The molecule has 100 valence electrons. The second-order valence-corrected chi connectivity index (χ2v) is 5.20. The second-order valence-electron chi connectivity index (χ2n) is 4.38. The maximum Gasteiger partial charge on any atom is 0.222 e. The van der Waals surface area contributed by atoms with Gasteiger partial charge in [-0.25, -0.2) is 0 Å². The standard InChI is InChI=1S/C14H19Cl2NO/c1-4-10(3)17(14(18)5-2)9-11-6-7-12(15)13(16)8-11/h6-8,10H,4-5,9H2,1-3H3. The summed E-state index contributed by atoms with van der Waals surface area (Å²) >= 11 is 11.9. The smallest absolute Gasteiger partial charge is 0.222 e. The molecule has 18 heavy (non-hydrogen) atoms. The van der Waals surface area contributed by atoms with E-state index in [1.54, 1.807) is 6.07 Å². The van der Waals surface area contributed by atoms with E-state index in [9.17, 15) is 4.79 Å². The van der Waals surface area contributed by atoms with Crippen LogP contribution in [0.25, 0.3) is 0 Å². The zero-order chi connectivity index (χ0) is 13.7. The van der Waals surface area contributed by atoms with Crippen molar-refractivity contribution in [3.05, 3.63) is 33.8 Å². The minimum Gasteiger partial charge on any atom is -0.336 e. The fourth-order valence-corrected chi connectivity index (χ4v) is 2.07. The Kier molecular flexibility index (Phi) is 5.97. The normalized spacial score (nSPS) is 12.3. The number of carbonyl (C=O) groups excluding carboxylic acids is 1. The summed E-state index contributed by atoms with van der Waals surface area (Å²) in [5.41, 5.74) is 1.01. The molecule has 0 heterocycles. The third kappa shape index (κ3) is 3.89. The van der Waals surface area contributed by atoms with E-state index in [4.69, 9.17) is 23.2 Å². The summed E-state index contributed by atoms with van der Waals surface area (Å²) in [6, 6.07) is 5.73. The molecule has 1 atom stereocenters. The van der Waals surface area contributed by atoms with Crippen LogP contribution in [0.1, 0.15) is 39.2 Å². The number of halogens is 2. The molecule has 1 aromatic rings. The average Bonchev–Trinajstić information content (AvgIpc) is 2.38. The first-order valence-corrected chi connectivity index (χ1v) is 6.98. The summed E-state index contributed by atoms with van der Waals surface area (Å²) in [6.45, 7) is 6.60. The Morgan fingerprint density at radius 1 is 1.28 bits per heavy atom. The molecule has 0 saturated carbocycles. The Morgan fingerprint density at radius 3 is 2.44 bits per heavy atom. The highest BCUT2D eigenvalue weighted by Crippen LogP contribution is 2.24. The van der Waals surface area contributed by atoms with Crippen LogP contribution in [-0.2, 0) is 11.3 Å². The topological polar surface area (TPSA) is 20.3 Å². The molecule has 0 saturated heterocycles. The molecule has 1 amide bonds. The molecule has 4 heteroatoms. The van der Waals surface area contributed by atoms with Gasteiger partial charge in [0.25, 0.3) is 0 Å². The maximum absolute atomic E-state index is 11.9. The molecule has 0 bridgehead atoms. The molecule has 1 aromatic carbocycles. The third-order valence-electron chi connectivity index (χ3n) is 3.08. The molecule has 0 N–H and O–H groups in total. The molecular weight excluding hydrogens is 269 g/mol. The summed E-state index contributed by atoms with van der Waals surface area (Å²) in [5, 5.41) is 1.07. The van der Waals surface area contributed by atoms with Gasteiger partial charge in [-0.2, -0.15) is 0 Å². The van der Waals surface area contributed by atoms with Crippen molar-refractivity contribution in [3.63, 3.8) is 0 Å². The van der Waals surface area contributed by atoms with E-state index in [0.29, 0.717) is 23.0 Å². The quantitative estimate of drug-likeness (QED) is 0.779. The van der Waals surface area contributed by atoms with Crippen molar-refractivity contribution < 1.29 is 4.79 Å². The van der Waals surface area contributed by atoms with Gasteiger partial charge in [-0.3, -0.25) is 4.79 Å². The maximum atomic E-state index is 11.9. The van der Waals surface area contributed by atoms with Crippen molar-refractivity contribution in [2.45, 2.75) is 46.2 Å². The highest BCUT2D eigenvalue weighted by molar-refractivity contribution is 6.42. The second kappa shape index (κ2) is 7.01. The fourth-order valence-electron chi connectivity index (χ4n) is 1.75. The van der Waals surface area contributed by atoms with E-state index in [0.717, 1.165) is 12.0 Å². The van der Waals surface area contributed by atoms with E-state index in [1.807, 2.05) is 24.0 Å². The van der Waals surface area contributed by atoms with Crippen molar-refractivity contribution >= 4 is 29.1 Å². The minimum atomic E-state index is 0.162. The first kappa shape index (κ1) is 15.3. The molecule has 0 aliphatic heterocycles. The van der Waals surface area contributed by atoms with Crippen LogP contribution in [0.5, 0.6) is 0 Å². The molecule has 0 radical (unpaired) electrons. The highest BCUT2D eigenvalue weighted by atomic mass is 35.5. The SMILES string of the molecule is CCC(=O)N(Cc1ccc(Cl)c(Cl)c1)C(C)CC. The molecule has 1 rings (SSSR count). The molecule has 1 unspecified atom stereocenters. The van der Waals surface area contributed by atoms with Crippen LogP contribution < -0.4 is 0 Å². The molecule has 0 aliphatic carbocycles. The van der Waals surface area contributed by atoms with Crippen molar-refractivity contribution in [2.75, 3.05) is 0 Å². The fraction of sp³-hybridized carbons (Fsp3) is 0.500. The Balaban J connectivity index is 2.88. The molecule has 2 nitrogen and oxygen atoms in total. The van der Waals surface area contributed by atoms with Crippen LogP contribution in [0.2, 0.25) is 10.0 Å². The number of amides is 1. The molecule has 0 aromatic heterocycles. The first-order valence-electron chi connectivity index (χ1n) is 6.23. The molecule has 0 aliphatic rings. The number of nitrogens with zero attached hydrogens (tertiary/aromatic N) is 1. The Morgan fingerprint density at radius 2 is 1.94 bits per heavy atom. The molecular formula is C14H19Cl2NO. The van der Waals surface area contributed by atoms with Crippen LogP contribution in [0.3, 0.4) is 0 Å². The zero-order valence-corrected chi connectivity index (χ0v) is 12.6. The van der Waals surface area contributed by atoms with Crippen LogP contribution in [-0.4, -0.2) is 16.8 Å². The lowest BCUT2D eigenvalue weighted by Crippen LogP contribution is -2.37. The monoisotopic (exact) mass is 287 g/mol. The third-order valence-corrected chi connectivity index (χ3v) is 3.82. The Hall–Kier alpha value is -0.730. The van der Waals surface area contributed by atoms with E-state index in [-0.39, 0.29) is 11.9 Å². The number of hydrogen-bond donors (Lipinski definition) is 0. The van der Waals surface area contributed by atoms with E-state index in [2.05, 4.69) is 13.8 Å². The van der Waals surface area contributed by atoms with Gasteiger partial charge in [0.1, 0.15) is 0 Å². The van der Waals surface area contributed by atoms with E-state index >= 15 is 0 Å². The van der Waals surface area contributed by atoms with Gasteiger partial charge in [-0.05, 0) is 31.0 Å². The van der Waals surface area contributed by atoms with Crippen LogP contribution in [0.15, 0.2) is 18.2 Å². The lowest BCUT2D eigenvalue weighted by Gasteiger charge is -2.28. The van der Waals surface area contributed by atoms with Crippen molar-refractivity contribution in [1.82, 2.24) is 4.90 Å². The summed E-state index contributed by atoms with van der Waals surface area (Å²) < 4.78 is 0. The average molecular weight is 288 g/mol. The number of carbonyl (C=O) groups is 1. The predicted molar refractivity (Wildman–Crippen MR) is 77.1 cm³/mol. The van der Waals surface area contributed by atoms with Crippen LogP contribution in [0, 0.1) is 0 Å². The summed E-state index contributed by atoms with van der Waals surface area (Å²) in [5.74, 6) is 0.162. The lowest BCUT2D eigenvalue weighted by atomic mass is 10.1. The van der Waals surface area contributed by atoms with Gasteiger partial charge in [0.05, 0.1) is 10.0 Å². The van der Waals surface area contributed by atoms with E-state index in [1.165, 1.54) is 0 Å². The van der Waals surface area contributed by atoms with Gasteiger partial charge >= 0.3 is 0 Å². The number of benzene rings is 1. The van der Waals surface area contributed by atoms with Crippen molar-refractivity contribution in [1.29, 1.82) is 0 Å². The van der Waals surface area contributed by atoms with Crippen LogP contribution >= 0.6 is 23.2 Å².